The first-order valence-corrected chi connectivity index (χ1v) is 8.89. The zero-order valence-corrected chi connectivity index (χ0v) is 15.1. The van der Waals surface area contributed by atoms with Gasteiger partial charge >= 0.3 is 5.97 Å². The van der Waals surface area contributed by atoms with Crippen LogP contribution in [0.4, 0.5) is 0 Å². The van der Waals surface area contributed by atoms with Crippen molar-refractivity contribution in [3.8, 4) is 0 Å². The van der Waals surface area contributed by atoms with Crippen molar-refractivity contribution in [3.63, 3.8) is 0 Å². The Kier molecular flexibility index (Phi) is 7.00. The Balaban J connectivity index is 1.64. The van der Waals surface area contributed by atoms with Gasteiger partial charge in [0.1, 0.15) is 18.2 Å². The standard InChI is InChI=1S/C20H21N3O5/c21-23-22-16(13-26-11-14-7-3-1-4-8-14)18-19(17(24)20(25)28-18)27-12-15-9-5-2-6-10-15/h1-10,16-19,24H,11-13H2/t16-,17+,18+,19-/m0/s1. The summed E-state index contributed by atoms with van der Waals surface area (Å²) in [5.74, 6) is -0.802. The van der Waals surface area contributed by atoms with Crippen molar-refractivity contribution >= 4 is 5.97 Å². The van der Waals surface area contributed by atoms with E-state index in [0.29, 0.717) is 6.61 Å². The highest BCUT2D eigenvalue weighted by Crippen LogP contribution is 2.25. The van der Waals surface area contributed by atoms with E-state index in [1.54, 1.807) is 0 Å². The molecule has 0 spiro atoms. The SMILES string of the molecule is [N-]=[N+]=N[C@@H](COCc1ccccc1)[C@H]1OC(=O)[C@H](O)[C@@H]1OCc1ccccc1. The van der Waals surface area contributed by atoms with Gasteiger partial charge in [-0.25, -0.2) is 4.79 Å². The first-order valence-electron chi connectivity index (χ1n) is 8.89. The quantitative estimate of drug-likeness (QED) is 0.309. The Morgan fingerprint density at radius 2 is 1.68 bits per heavy atom. The fourth-order valence-corrected chi connectivity index (χ4v) is 2.97. The zero-order valence-electron chi connectivity index (χ0n) is 15.1. The van der Waals surface area contributed by atoms with E-state index in [9.17, 15) is 9.90 Å². The van der Waals surface area contributed by atoms with E-state index in [2.05, 4.69) is 10.0 Å². The van der Waals surface area contributed by atoms with E-state index < -0.39 is 30.3 Å². The van der Waals surface area contributed by atoms with E-state index in [0.717, 1.165) is 11.1 Å². The van der Waals surface area contributed by atoms with Crippen LogP contribution in [0.25, 0.3) is 10.4 Å². The van der Waals surface area contributed by atoms with Gasteiger partial charge in [-0.2, -0.15) is 0 Å². The van der Waals surface area contributed by atoms with E-state index in [-0.39, 0.29) is 13.2 Å². The number of rotatable bonds is 9. The number of azide groups is 1. The summed E-state index contributed by atoms with van der Waals surface area (Å²) >= 11 is 0. The lowest BCUT2D eigenvalue weighted by molar-refractivity contribution is -0.148. The molecule has 0 bridgehead atoms. The monoisotopic (exact) mass is 383 g/mol. The minimum Gasteiger partial charge on any atom is -0.457 e. The van der Waals surface area contributed by atoms with Crippen molar-refractivity contribution in [2.45, 2.75) is 37.6 Å². The number of carbonyl (C=O) groups excluding carboxylic acids is 1. The number of cyclic esters (lactones) is 1. The average molecular weight is 383 g/mol. The van der Waals surface area contributed by atoms with Crippen LogP contribution in [0.15, 0.2) is 65.8 Å². The van der Waals surface area contributed by atoms with Crippen LogP contribution in [0.2, 0.25) is 0 Å². The molecule has 1 saturated heterocycles. The molecule has 0 aliphatic carbocycles. The summed E-state index contributed by atoms with van der Waals surface area (Å²) in [5.41, 5.74) is 10.7. The van der Waals surface area contributed by atoms with E-state index >= 15 is 0 Å². The van der Waals surface area contributed by atoms with Crippen molar-refractivity contribution in [2.24, 2.45) is 5.11 Å². The summed E-state index contributed by atoms with van der Waals surface area (Å²) in [6.07, 6.45) is -3.33. The number of hydrogen-bond acceptors (Lipinski definition) is 6. The third-order valence-electron chi connectivity index (χ3n) is 4.39. The molecule has 0 radical (unpaired) electrons. The maximum Gasteiger partial charge on any atom is 0.338 e. The zero-order chi connectivity index (χ0) is 19.8. The molecule has 4 atom stereocenters. The minimum absolute atomic E-state index is 0.0226. The van der Waals surface area contributed by atoms with Gasteiger partial charge in [0, 0.05) is 4.91 Å². The Morgan fingerprint density at radius 1 is 1.07 bits per heavy atom. The molecular formula is C20H21N3O5. The smallest absolute Gasteiger partial charge is 0.338 e. The fourth-order valence-electron chi connectivity index (χ4n) is 2.97. The molecule has 0 amide bonds. The van der Waals surface area contributed by atoms with Gasteiger partial charge in [0.2, 0.25) is 0 Å². The summed E-state index contributed by atoms with van der Waals surface area (Å²) in [6.45, 7) is 0.523. The molecular weight excluding hydrogens is 362 g/mol. The highest BCUT2D eigenvalue weighted by Gasteiger charge is 2.48. The Morgan fingerprint density at radius 3 is 2.29 bits per heavy atom. The van der Waals surface area contributed by atoms with Crippen LogP contribution in [0.3, 0.4) is 0 Å². The Bertz CT molecular complexity index is 811. The molecule has 1 N–H and O–H groups in total. The number of carbonyl (C=O) groups is 1. The molecule has 0 saturated carbocycles. The molecule has 8 heteroatoms. The van der Waals surface area contributed by atoms with E-state index in [4.69, 9.17) is 19.7 Å². The highest BCUT2D eigenvalue weighted by molar-refractivity contribution is 5.78. The number of ether oxygens (including phenoxy) is 3. The van der Waals surface area contributed by atoms with Crippen molar-refractivity contribution in [3.05, 3.63) is 82.2 Å². The number of benzene rings is 2. The van der Waals surface area contributed by atoms with Gasteiger partial charge in [0.25, 0.3) is 0 Å². The largest absolute Gasteiger partial charge is 0.457 e. The number of esters is 1. The molecule has 1 aliphatic rings. The number of nitrogens with zero attached hydrogens (tertiary/aromatic N) is 3. The van der Waals surface area contributed by atoms with E-state index in [1.807, 2.05) is 60.7 Å². The predicted octanol–water partition coefficient (Wildman–Crippen LogP) is 2.75. The van der Waals surface area contributed by atoms with Crippen LogP contribution in [0, 0.1) is 0 Å². The molecule has 0 unspecified atom stereocenters. The van der Waals surface area contributed by atoms with Gasteiger partial charge in [-0.15, -0.1) is 0 Å². The van der Waals surface area contributed by atoms with Gasteiger partial charge < -0.3 is 19.3 Å². The lowest BCUT2D eigenvalue weighted by atomic mass is 10.0. The highest BCUT2D eigenvalue weighted by atomic mass is 16.6. The third-order valence-corrected chi connectivity index (χ3v) is 4.39. The molecule has 2 aromatic carbocycles. The summed E-state index contributed by atoms with van der Waals surface area (Å²) in [7, 11) is 0. The molecule has 1 heterocycles. The van der Waals surface area contributed by atoms with Gasteiger partial charge in [-0.3, -0.25) is 0 Å². The molecule has 2 aromatic rings. The summed E-state index contributed by atoms with van der Waals surface area (Å²) < 4.78 is 16.6. The second-order valence-electron chi connectivity index (χ2n) is 6.38. The lowest BCUT2D eigenvalue weighted by Crippen LogP contribution is -2.41. The maximum absolute atomic E-state index is 11.9. The van der Waals surface area contributed by atoms with Crippen LogP contribution in [0.5, 0.6) is 0 Å². The van der Waals surface area contributed by atoms with Crippen molar-refractivity contribution < 1.29 is 24.1 Å². The number of hydrogen-bond donors (Lipinski definition) is 1. The first-order chi connectivity index (χ1) is 13.7. The van der Waals surface area contributed by atoms with E-state index in [1.165, 1.54) is 0 Å². The Labute approximate surface area is 162 Å². The fraction of sp³-hybridized carbons (Fsp3) is 0.350. The van der Waals surface area contributed by atoms with Gasteiger partial charge in [-0.05, 0) is 16.7 Å². The lowest BCUT2D eigenvalue weighted by Gasteiger charge is -2.24. The van der Waals surface area contributed by atoms with Crippen LogP contribution >= 0.6 is 0 Å². The normalized spacial score (nSPS) is 22.3. The molecule has 3 rings (SSSR count). The molecule has 1 fully saturated rings. The average Bonchev–Trinajstić information content (AvgIpc) is 3.01. The van der Waals surface area contributed by atoms with Gasteiger partial charge in [-0.1, -0.05) is 65.8 Å². The number of aliphatic hydroxyl groups excluding tert-OH is 1. The minimum atomic E-state index is -1.45. The van der Waals surface area contributed by atoms with Gasteiger partial charge in [0.05, 0.1) is 19.8 Å². The third kappa shape index (κ3) is 5.09. The van der Waals surface area contributed by atoms with Crippen molar-refractivity contribution in [1.29, 1.82) is 0 Å². The topological polar surface area (TPSA) is 114 Å². The van der Waals surface area contributed by atoms with Crippen LogP contribution in [-0.2, 0) is 32.2 Å². The molecule has 28 heavy (non-hydrogen) atoms. The molecule has 146 valence electrons. The molecule has 8 nitrogen and oxygen atoms in total. The second kappa shape index (κ2) is 9.87. The van der Waals surface area contributed by atoms with Crippen LogP contribution < -0.4 is 0 Å². The van der Waals surface area contributed by atoms with Crippen molar-refractivity contribution in [1.82, 2.24) is 0 Å². The second-order valence-corrected chi connectivity index (χ2v) is 6.38. The summed E-state index contributed by atoms with van der Waals surface area (Å²) in [4.78, 5) is 14.7. The molecule has 1 aliphatic heterocycles. The summed E-state index contributed by atoms with van der Waals surface area (Å²) in [6, 6.07) is 18.0. The van der Waals surface area contributed by atoms with Crippen LogP contribution in [-0.4, -0.2) is 42.0 Å². The van der Waals surface area contributed by atoms with Gasteiger partial charge in [0.15, 0.2) is 6.10 Å². The first kappa shape index (κ1) is 19.9. The predicted molar refractivity (Wildman–Crippen MR) is 99.9 cm³/mol. The summed E-state index contributed by atoms with van der Waals surface area (Å²) in [5, 5.41) is 13.8. The Hall–Kier alpha value is -2.90. The maximum atomic E-state index is 11.9. The number of aliphatic hydroxyl groups is 1. The van der Waals surface area contributed by atoms with Crippen LogP contribution in [0.1, 0.15) is 11.1 Å². The molecule has 0 aromatic heterocycles. The van der Waals surface area contributed by atoms with Crippen molar-refractivity contribution in [2.75, 3.05) is 6.61 Å².